The molecule has 0 radical (unpaired) electrons. The fourth-order valence-corrected chi connectivity index (χ4v) is 3.38. The number of nitrogens with zero attached hydrogens (tertiary/aromatic N) is 1. The molecule has 1 saturated carbocycles. The van der Waals surface area contributed by atoms with E-state index in [-0.39, 0.29) is 6.03 Å². The largest absolute Gasteiger partial charge is 0.463 e. The van der Waals surface area contributed by atoms with Gasteiger partial charge in [0.15, 0.2) is 0 Å². The van der Waals surface area contributed by atoms with E-state index in [1.54, 1.807) is 18.5 Å². The van der Waals surface area contributed by atoms with Crippen molar-refractivity contribution in [1.82, 2.24) is 10.3 Å². The zero-order valence-electron chi connectivity index (χ0n) is 13.8. The van der Waals surface area contributed by atoms with Crippen LogP contribution in [0, 0.1) is 0 Å². The lowest BCUT2D eigenvalue weighted by Gasteiger charge is -2.13. The molecule has 0 unspecified atom stereocenters. The number of fused-ring (bicyclic) bond motifs is 1. The zero-order chi connectivity index (χ0) is 17.2. The number of aromatic nitrogens is 1. The average molecular weight is 336 g/mol. The summed E-state index contributed by atoms with van der Waals surface area (Å²) in [5.74, 6) is 0.444. The van der Waals surface area contributed by atoms with Crippen LogP contribution in [0.25, 0.3) is 22.1 Å². The standard InChI is InChI=1S/C19H20N4O2/c20-18-17-15(11-25-16(17)9-10-21-18)12-5-7-14(8-6-12)23-19(24)22-13-3-1-2-4-13/h5-11,13H,1-4H2,(H2,20,21)(H2,22,23,24). The summed E-state index contributed by atoms with van der Waals surface area (Å²) in [6.07, 6.45) is 7.82. The molecular formula is C19H20N4O2. The lowest BCUT2D eigenvalue weighted by Crippen LogP contribution is -2.36. The van der Waals surface area contributed by atoms with Gasteiger partial charge in [0.25, 0.3) is 0 Å². The summed E-state index contributed by atoms with van der Waals surface area (Å²) in [4.78, 5) is 16.2. The van der Waals surface area contributed by atoms with Crippen LogP contribution in [-0.4, -0.2) is 17.1 Å². The molecule has 0 saturated heterocycles. The quantitative estimate of drug-likeness (QED) is 0.670. The van der Waals surface area contributed by atoms with E-state index in [2.05, 4.69) is 15.6 Å². The minimum absolute atomic E-state index is 0.151. The van der Waals surface area contributed by atoms with Crippen LogP contribution in [0.2, 0.25) is 0 Å². The van der Waals surface area contributed by atoms with Crippen molar-refractivity contribution < 1.29 is 9.21 Å². The van der Waals surface area contributed by atoms with E-state index in [0.717, 1.165) is 35.0 Å². The fourth-order valence-electron chi connectivity index (χ4n) is 3.38. The molecule has 1 aliphatic rings. The molecule has 2 heterocycles. The van der Waals surface area contributed by atoms with Gasteiger partial charge in [-0.05, 0) is 36.6 Å². The molecule has 4 rings (SSSR count). The van der Waals surface area contributed by atoms with Crippen LogP contribution < -0.4 is 16.4 Å². The first-order valence-corrected chi connectivity index (χ1v) is 8.50. The SMILES string of the molecule is Nc1nccc2occ(-c3ccc(NC(=O)NC4CCCC4)cc3)c12. The molecule has 3 aromatic rings. The van der Waals surface area contributed by atoms with Gasteiger partial charge in [0.1, 0.15) is 11.4 Å². The lowest BCUT2D eigenvalue weighted by atomic mass is 10.0. The Kier molecular flexibility index (Phi) is 4.01. The van der Waals surface area contributed by atoms with Crippen LogP contribution in [0.4, 0.5) is 16.3 Å². The Labute approximate surface area is 145 Å². The van der Waals surface area contributed by atoms with E-state index in [9.17, 15) is 4.79 Å². The van der Waals surface area contributed by atoms with Crippen LogP contribution >= 0.6 is 0 Å². The molecule has 25 heavy (non-hydrogen) atoms. The second-order valence-corrected chi connectivity index (χ2v) is 6.38. The molecule has 4 N–H and O–H groups in total. The van der Waals surface area contributed by atoms with Gasteiger partial charge in [0.2, 0.25) is 0 Å². The highest BCUT2D eigenvalue weighted by Gasteiger charge is 2.17. The van der Waals surface area contributed by atoms with Gasteiger partial charge in [0, 0.05) is 23.5 Å². The number of amides is 2. The van der Waals surface area contributed by atoms with Gasteiger partial charge in [-0.1, -0.05) is 25.0 Å². The molecule has 128 valence electrons. The van der Waals surface area contributed by atoms with Gasteiger partial charge in [-0.25, -0.2) is 9.78 Å². The van der Waals surface area contributed by atoms with E-state index in [1.807, 2.05) is 24.3 Å². The third-order valence-electron chi connectivity index (χ3n) is 4.66. The second-order valence-electron chi connectivity index (χ2n) is 6.38. The van der Waals surface area contributed by atoms with Crippen LogP contribution in [0.5, 0.6) is 0 Å². The van der Waals surface area contributed by atoms with Crippen molar-refractivity contribution in [1.29, 1.82) is 0 Å². The molecule has 2 aromatic heterocycles. The molecule has 6 nitrogen and oxygen atoms in total. The number of rotatable bonds is 3. The number of urea groups is 1. The normalized spacial score (nSPS) is 14.7. The molecule has 1 fully saturated rings. The topological polar surface area (TPSA) is 93.2 Å². The molecule has 1 aromatic carbocycles. The third-order valence-corrected chi connectivity index (χ3v) is 4.66. The van der Waals surface area contributed by atoms with Gasteiger partial charge < -0.3 is 20.8 Å². The first-order valence-electron chi connectivity index (χ1n) is 8.50. The fraction of sp³-hybridized carbons (Fsp3) is 0.263. The zero-order valence-corrected chi connectivity index (χ0v) is 13.8. The van der Waals surface area contributed by atoms with E-state index in [1.165, 1.54) is 12.8 Å². The number of nitrogen functional groups attached to an aromatic ring is 1. The number of anilines is 2. The number of nitrogens with one attached hydrogen (secondary N) is 2. The van der Waals surface area contributed by atoms with Gasteiger partial charge in [0.05, 0.1) is 11.6 Å². The second kappa shape index (κ2) is 6.47. The number of nitrogens with two attached hydrogens (primary N) is 1. The third kappa shape index (κ3) is 3.15. The highest BCUT2D eigenvalue weighted by molar-refractivity contribution is 6.00. The van der Waals surface area contributed by atoms with Gasteiger partial charge in [-0.3, -0.25) is 0 Å². The van der Waals surface area contributed by atoms with Crippen molar-refractivity contribution in [2.75, 3.05) is 11.1 Å². The van der Waals surface area contributed by atoms with Crippen LogP contribution in [0.1, 0.15) is 25.7 Å². The van der Waals surface area contributed by atoms with E-state index in [4.69, 9.17) is 10.2 Å². The summed E-state index contributed by atoms with van der Waals surface area (Å²) in [5, 5.41) is 6.70. The lowest BCUT2D eigenvalue weighted by molar-refractivity contribution is 0.248. The molecule has 0 bridgehead atoms. The molecular weight excluding hydrogens is 316 g/mol. The predicted octanol–water partition coefficient (Wildman–Crippen LogP) is 4.14. The smallest absolute Gasteiger partial charge is 0.319 e. The van der Waals surface area contributed by atoms with Gasteiger partial charge >= 0.3 is 6.03 Å². The Morgan fingerprint density at radius 3 is 2.68 bits per heavy atom. The van der Waals surface area contributed by atoms with Crippen LogP contribution in [0.15, 0.2) is 47.2 Å². The Bertz CT molecular complexity index is 895. The van der Waals surface area contributed by atoms with Gasteiger partial charge in [-0.15, -0.1) is 0 Å². The first kappa shape index (κ1) is 15.5. The molecule has 2 amide bonds. The Morgan fingerprint density at radius 1 is 1.16 bits per heavy atom. The molecule has 0 atom stereocenters. The summed E-state index contributed by atoms with van der Waals surface area (Å²) in [7, 11) is 0. The van der Waals surface area contributed by atoms with E-state index in [0.29, 0.717) is 17.4 Å². The number of carbonyl (C=O) groups is 1. The molecule has 0 aliphatic heterocycles. The summed E-state index contributed by atoms with van der Waals surface area (Å²) in [6.45, 7) is 0. The van der Waals surface area contributed by atoms with Crippen molar-refractivity contribution >= 4 is 28.5 Å². The summed E-state index contributed by atoms with van der Waals surface area (Å²) >= 11 is 0. The number of hydrogen-bond acceptors (Lipinski definition) is 4. The number of furan rings is 1. The predicted molar refractivity (Wildman–Crippen MR) is 98.3 cm³/mol. The van der Waals surface area contributed by atoms with Crippen LogP contribution in [0.3, 0.4) is 0 Å². The number of benzene rings is 1. The maximum Gasteiger partial charge on any atom is 0.319 e. The number of hydrogen-bond donors (Lipinski definition) is 3. The Hall–Kier alpha value is -3.02. The Balaban J connectivity index is 1.50. The highest BCUT2D eigenvalue weighted by atomic mass is 16.3. The van der Waals surface area contributed by atoms with E-state index < -0.39 is 0 Å². The summed E-state index contributed by atoms with van der Waals surface area (Å²) < 4.78 is 5.55. The first-order chi connectivity index (χ1) is 12.2. The minimum Gasteiger partial charge on any atom is -0.463 e. The summed E-state index contributed by atoms with van der Waals surface area (Å²) in [6, 6.07) is 9.54. The van der Waals surface area contributed by atoms with Crippen LogP contribution in [-0.2, 0) is 0 Å². The van der Waals surface area contributed by atoms with Gasteiger partial charge in [-0.2, -0.15) is 0 Å². The average Bonchev–Trinajstić information content (AvgIpc) is 3.26. The number of carbonyl (C=O) groups excluding carboxylic acids is 1. The maximum atomic E-state index is 12.0. The summed E-state index contributed by atoms with van der Waals surface area (Å²) in [5.41, 5.74) is 9.28. The van der Waals surface area contributed by atoms with E-state index >= 15 is 0 Å². The van der Waals surface area contributed by atoms with Crippen molar-refractivity contribution in [3.63, 3.8) is 0 Å². The monoisotopic (exact) mass is 336 g/mol. The minimum atomic E-state index is -0.151. The van der Waals surface area contributed by atoms with Crippen molar-refractivity contribution in [3.05, 3.63) is 42.8 Å². The Morgan fingerprint density at radius 2 is 1.92 bits per heavy atom. The molecule has 1 aliphatic carbocycles. The van der Waals surface area contributed by atoms with Crippen molar-refractivity contribution in [2.24, 2.45) is 0 Å². The van der Waals surface area contributed by atoms with Crippen molar-refractivity contribution in [3.8, 4) is 11.1 Å². The highest BCUT2D eigenvalue weighted by Crippen LogP contribution is 2.33. The molecule has 6 heteroatoms. The maximum absolute atomic E-state index is 12.0. The molecule has 0 spiro atoms. The van der Waals surface area contributed by atoms with Crippen molar-refractivity contribution in [2.45, 2.75) is 31.7 Å². The number of pyridine rings is 1.